The third kappa shape index (κ3) is 2.09. The lowest BCUT2D eigenvalue weighted by Gasteiger charge is -2.18. The number of fused-ring (bicyclic) bond motifs is 3. The molecule has 0 bridgehead atoms. The minimum absolute atomic E-state index is 0.00646. The molecule has 7 heteroatoms. The average Bonchev–Trinajstić information content (AvgIpc) is 2.83. The highest BCUT2D eigenvalue weighted by Crippen LogP contribution is 2.46. The monoisotopic (exact) mass is 301 g/mol. The predicted molar refractivity (Wildman–Crippen MR) is 71.8 cm³/mol. The molecule has 19 heavy (non-hydrogen) atoms. The van der Waals surface area contributed by atoms with Gasteiger partial charge in [-0.3, -0.25) is 0 Å². The summed E-state index contributed by atoms with van der Waals surface area (Å²) in [5.41, 5.74) is 1.99. The van der Waals surface area contributed by atoms with Gasteiger partial charge in [0, 0.05) is 10.1 Å². The van der Waals surface area contributed by atoms with Gasteiger partial charge in [-0.25, -0.2) is 8.42 Å². The fraction of sp³-hybridized carbons (Fsp3) is 0.500. The lowest BCUT2D eigenvalue weighted by molar-refractivity contribution is 0.222. The van der Waals surface area contributed by atoms with Gasteiger partial charge in [-0.15, -0.1) is 4.18 Å². The molecule has 3 unspecified atom stereocenters. The third-order valence-electron chi connectivity index (χ3n) is 3.46. The molecule has 0 N–H and O–H groups in total. The summed E-state index contributed by atoms with van der Waals surface area (Å²) in [7, 11) is -3.55. The van der Waals surface area contributed by atoms with E-state index in [1.54, 1.807) is 6.92 Å². The maximum absolute atomic E-state index is 12.2. The first-order valence-corrected chi connectivity index (χ1v) is 8.87. The van der Waals surface area contributed by atoms with Crippen molar-refractivity contribution in [3.63, 3.8) is 0 Å². The highest BCUT2D eigenvalue weighted by Gasteiger charge is 2.57. The van der Waals surface area contributed by atoms with Gasteiger partial charge in [-0.1, -0.05) is 31.2 Å². The first-order valence-electron chi connectivity index (χ1n) is 6.23. The van der Waals surface area contributed by atoms with E-state index in [1.807, 2.05) is 24.3 Å². The Morgan fingerprint density at radius 3 is 2.95 bits per heavy atom. The Kier molecular flexibility index (Phi) is 3.34. The van der Waals surface area contributed by atoms with Crippen LogP contribution in [0.3, 0.4) is 0 Å². The average molecular weight is 301 g/mol. The van der Waals surface area contributed by atoms with Crippen LogP contribution >= 0.6 is 0 Å². The second-order valence-electron chi connectivity index (χ2n) is 4.77. The minimum Gasteiger partial charge on any atom is -0.565 e. The summed E-state index contributed by atoms with van der Waals surface area (Å²) >= 11 is -1.90. The number of hydrogen-bond acceptors (Lipinski definition) is 4. The van der Waals surface area contributed by atoms with Crippen LogP contribution in [0.2, 0.25) is 0 Å². The zero-order chi connectivity index (χ0) is 13.6. The molecule has 3 rings (SSSR count). The van der Waals surface area contributed by atoms with Crippen molar-refractivity contribution >= 4 is 21.7 Å². The van der Waals surface area contributed by atoms with Crippen molar-refractivity contribution in [1.82, 2.24) is 3.71 Å². The highest BCUT2D eigenvalue weighted by atomic mass is 32.3. The molecule has 1 heterocycles. The molecule has 104 valence electrons. The number of nitrogens with zero attached hydrogens (tertiary/aromatic N) is 1. The molecule has 1 aliphatic carbocycles. The summed E-state index contributed by atoms with van der Waals surface area (Å²) < 4.78 is 42.8. The molecule has 3 atom stereocenters. The summed E-state index contributed by atoms with van der Waals surface area (Å²) in [6.07, 6.45) is 0.782. The first kappa shape index (κ1) is 13.4. The molecule has 2 aliphatic rings. The normalized spacial score (nSPS) is 30.3. The summed E-state index contributed by atoms with van der Waals surface area (Å²) in [5.74, 6) is -0.00646. The van der Waals surface area contributed by atoms with Crippen molar-refractivity contribution in [3.8, 4) is 0 Å². The van der Waals surface area contributed by atoms with Gasteiger partial charge in [0.1, 0.15) is 12.1 Å². The fourth-order valence-corrected chi connectivity index (χ4v) is 5.99. The van der Waals surface area contributed by atoms with Crippen molar-refractivity contribution in [1.29, 1.82) is 0 Å². The molecule has 5 nitrogen and oxygen atoms in total. The van der Waals surface area contributed by atoms with Crippen LogP contribution in [0, 0.1) is 0 Å². The zero-order valence-corrected chi connectivity index (χ0v) is 12.1. The second kappa shape index (κ2) is 4.75. The fourth-order valence-electron chi connectivity index (χ4n) is 2.73. The Bertz CT molecular complexity index is 589. The molecule has 1 aromatic carbocycles. The van der Waals surface area contributed by atoms with E-state index in [-0.39, 0.29) is 11.9 Å². The predicted octanol–water partition coefficient (Wildman–Crippen LogP) is 1.30. The van der Waals surface area contributed by atoms with Crippen molar-refractivity contribution in [2.75, 3.05) is 5.75 Å². The molecular formula is C12H15NO4S2. The Morgan fingerprint density at radius 2 is 2.21 bits per heavy atom. The number of rotatable bonds is 3. The molecular weight excluding hydrogens is 286 g/mol. The highest BCUT2D eigenvalue weighted by molar-refractivity contribution is 8.02. The first-order chi connectivity index (χ1) is 9.04. The van der Waals surface area contributed by atoms with Crippen LogP contribution in [-0.2, 0) is 32.3 Å². The minimum atomic E-state index is -3.55. The smallest absolute Gasteiger partial charge is 0.256 e. The van der Waals surface area contributed by atoms with E-state index in [9.17, 15) is 13.0 Å². The van der Waals surface area contributed by atoms with Gasteiger partial charge in [0.25, 0.3) is 10.0 Å². The molecule has 1 aromatic rings. The molecule has 0 aromatic heterocycles. The van der Waals surface area contributed by atoms with E-state index in [1.165, 1.54) is 0 Å². The van der Waals surface area contributed by atoms with Crippen LogP contribution in [0.1, 0.15) is 30.5 Å². The maximum Gasteiger partial charge on any atom is 0.256 e. The lowest BCUT2D eigenvalue weighted by Crippen LogP contribution is -2.36. The second-order valence-corrected chi connectivity index (χ2v) is 7.99. The zero-order valence-electron chi connectivity index (χ0n) is 10.5. The molecule has 1 saturated heterocycles. The summed E-state index contributed by atoms with van der Waals surface area (Å²) in [4.78, 5) is 0. The molecule has 1 fully saturated rings. The van der Waals surface area contributed by atoms with Crippen LogP contribution in [0.5, 0.6) is 0 Å². The molecule has 1 aliphatic heterocycles. The van der Waals surface area contributed by atoms with Gasteiger partial charge >= 0.3 is 0 Å². The largest absolute Gasteiger partial charge is 0.565 e. The number of hydrogen-bond donors (Lipinski definition) is 0. The standard InChI is InChI=1S/C12H15NO4S2/c1-2-7-19(15,16)13-12-10-6-4-3-5-9(10)8-11(12)17-18(13)14/h3-6,11-12H,2,7-8H2,1H3. The summed E-state index contributed by atoms with van der Waals surface area (Å²) in [6, 6.07) is 7.20. The summed E-state index contributed by atoms with van der Waals surface area (Å²) in [5, 5.41) is 0. The van der Waals surface area contributed by atoms with Gasteiger partial charge in [0.05, 0.1) is 5.75 Å². The van der Waals surface area contributed by atoms with Crippen LogP contribution in [0.25, 0.3) is 0 Å². The van der Waals surface area contributed by atoms with E-state index < -0.39 is 27.7 Å². The third-order valence-corrected chi connectivity index (χ3v) is 7.14. The SMILES string of the molecule is CCCS(=O)(=O)N1C2c3ccccc3CC2O[S+]1[O-]. The van der Waals surface area contributed by atoms with Crippen molar-refractivity contribution in [2.45, 2.75) is 31.9 Å². The lowest BCUT2D eigenvalue weighted by atomic mass is 10.1. The van der Waals surface area contributed by atoms with E-state index >= 15 is 0 Å². The molecule has 0 saturated carbocycles. The Morgan fingerprint density at radius 1 is 1.47 bits per heavy atom. The van der Waals surface area contributed by atoms with E-state index in [2.05, 4.69) is 0 Å². The van der Waals surface area contributed by atoms with Gasteiger partial charge in [-0.2, -0.15) is 0 Å². The quantitative estimate of drug-likeness (QED) is 0.789. The molecule has 0 radical (unpaired) electrons. The van der Waals surface area contributed by atoms with Crippen LogP contribution < -0.4 is 0 Å². The van der Waals surface area contributed by atoms with E-state index in [0.717, 1.165) is 14.8 Å². The number of sulfonamides is 1. The Labute approximate surface area is 116 Å². The van der Waals surface area contributed by atoms with Gasteiger partial charge in [0.15, 0.2) is 0 Å². The van der Waals surface area contributed by atoms with Crippen molar-refractivity contribution in [2.24, 2.45) is 0 Å². The van der Waals surface area contributed by atoms with E-state index in [0.29, 0.717) is 12.8 Å². The van der Waals surface area contributed by atoms with Crippen LogP contribution in [0.15, 0.2) is 24.3 Å². The molecule has 0 amide bonds. The Hall–Kier alpha value is -0.600. The van der Waals surface area contributed by atoms with Crippen molar-refractivity contribution < 1.29 is 17.2 Å². The number of benzene rings is 1. The van der Waals surface area contributed by atoms with Crippen molar-refractivity contribution in [3.05, 3.63) is 35.4 Å². The topological polar surface area (TPSA) is 69.7 Å². The van der Waals surface area contributed by atoms with Gasteiger partial charge in [-0.05, 0) is 17.5 Å². The maximum atomic E-state index is 12.2. The van der Waals surface area contributed by atoms with Crippen LogP contribution in [0.4, 0.5) is 0 Å². The Balaban J connectivity index is 2.02. The van der Waals surface area contributed by atoms with Crippen LogP contribution in [-0.4, -0.2) is 28.5 Å². The van der Waals surface area contributed by atoms with E-state index in [4.69, 9.17) is 4.18 Å². The molecule has 0 spiro atoms. The summed E-state index contributed by atoms with van der Waals surface area (Å²) in [6.45, 7) is 1.79. The van der Waals surface area contributed by atoms with Gasteiger partial charge in [0.2, 0.25) is 11.6 Å². The van der Waals surface area contributed by atoms with Gasteiger partial charge < -0.3 is 4.55 Å².